The predicted octanol–water partition coefficient (Wildman–Crippen LogP) is 5.22. The van der Waals surface area contributed by atoms with Crippen molar-refractivity contribution in [3.63, 3.8) is 0 Å². The van der Waals surface area contributed by atoms with Gasteiger partial charge in [-0.15, -0.1) is 0 Å². The van der Waals surface area contributed by atoms with Crippen molar-refractivity contribution in [1.29, 1.82) is 0 Å². The SMILES string of the molecule is Fc1cc(F)c(F)c(Nc2nc3ccc(Br)cc3s2)c1. The molecule has 0 amide bonds. The first-order valence-corrected chi connectivity index (χ1v) is 7.11. The summed E-state index contributed by atoms with van der Waals surface area (Å²) in [7, 11) is 0. The van der Waals surface area contributed by atoms with E-state index in [4.69, 9.17) is 0 Å². The monoisotopic (exact) mass is 358 g/mol. The summed E-state index contributed by atoms with van der Waals surface area (Å²) in [6, 6.07) is 6.87. The lowest BCUT2D eigenvalue weighted by atomic mass is 10.3. The van der Waals surface area contributed by atoms with Crippen LogP contribution in [0.3, 0.4) is 0 Å². The second-order valence-corrected chi connectivity index (χ2v) is 5.95. The quantitative estimate of drug-likeness (QED) is 0.635. The minimum absolute atomic E-state index is 0.277. The molecular weight excluding hydrogens is 353 g/mol. The first-order valence-electron chi connectivity index (χ1n) is 5.50. The fourth-order valence-electron chi connectivity index (χ4n) is 1.71. The van der Waals surface area contributed by atoms with Crippen molar-refractivity contribution >= 4 is 48.3 Å². The highest BCUT2D eigenvalue weighted by Gasteiger charge is 2.13. The molecule has 3 aromatic rings. The van der Waals surface area contributed by atoms with E-state index >= 15 is 0 Å². The third kappa shape index (κ3) is 2.51. The van der Waals surface area contributed by atoms with Crippen LogP contribution in [0.25, 0.3) is 10.2 Å². The number of nitrogens with one attached hydrogen (secondary N) is 1. The van der Waals surface area contributed by atoms with Crippen LogP contribution in [0.15, 0.2) is 34.8 Å². The number of nitrogens with zero attached hydrogens (tertiary/aromatic N) is 1. The van der Waals surface area contributed by atoms with Crippen LogP contribution >= 0.6 is 27.3 Å². The van der Waals surface area contributed by atoms with Crippen molar-refractivity contribution in [2.45, 2.75) is 0 Å². The van der Waals surface area contributed by atoms with Crippen molar-refractivity contribution in [3.05, 3.63) is 52.3 Å². The third-order valence-electron chi connectivity index (χ3n) is 2.59. The number of hydrogen-bond acceptors (Lipinski definition) is 3. The second kappa shape index (κ2) is 5.06. The Labute approximate surface area is 124 Å². The van der Waals surface area contributed by atoms with Gasteiger partial charge < -0.3 is 5.32 Å². The van der Waals surface area contributed by atoms with Gasteiger partial charge in [-0.05, 0) is 18.2 Å². The normalized spacial score (nSPS) is 11.0. The average molecular weight is 359 g/mol. The number of aromatic nitrogens is 1. The number of benzene rings is 2. The molecule has 2 aromatic carbocycles. The van der Waals surface area contributed by atoms with Crippen molar-refractivity contribution in [2.24, 2.45) is 0 Å². The van der Waals surface area contributed by atoms with Crippen LogP contribution in [-0.4, -0.2) is 4.98 Å². The standard InChI is InChI=1S/C13H6BrF3N2S/c14-6-1-2-9-11(3-6)20-13(18-9)19-10-5-7(15)4-8(16)12(10)17/h1-5H,(H,18,19). The van der Waals surface area contributed by atoms with E-state index in [1.54, 1.807) is 6.07 Å². The predicted molar refractivity (Wildman–Crippen MR) is 76.9 cm³/mol. The van der Waals surface area contributed by atoms with E-state index in [-0.39, 0.29) is 5.69 Å². The summed E-state index contributed by atoms with van der Waals surface area (Å²) >= 11 is 4.60. The highest BCUT2D eigenvalue weighted by molar-refractivity contribution is 9.10. The molecule has 0 bridgehead atoms. The van der Waals surface area contributed by atoms with Gasteiger partial charge in [-0.3, -0.25) is 0 Å². The molecule has 2 nitrogen and oxygen atoms in total. The largest absolute Gasteiger partial charge is 0.329 e. The van der Waals surface area contributed by atoms with Crippen LogP contribution in [0, 0.1) is 17.5 Å². The van der Waals surface area contributed by atoms with E-state index < -0.39 is 17.5 Å². The minimum Gasteiger partial charge on any atom is -0.329 e. The number of rotatable bonds is 2. The molecule has 0 aliphatic heterocycles. The highest BCUT2D eigenvalue weighted by Crippen LogP contribution is 2.31. The maximum Gasteiger partial charge on any atom is 0.188 e. The molecule has 3 rings (SSSR count). The zero-order valence-corrected chi connectivity index (χ0v) is 12.2. The molecular formula is C13H6BrF3N2S. The molecule has 0 radical (unpaired) electrons. The molecule has 0 aliphatic carbocycles. The van der Waals surface area contributed by atoms with Gasteiger partial charge in [0.15, 0.2) is 16.8 Å². The van der Waals surface area contributed by atoms with Gasteiger partial charge in [0.25, 0.3) is 0 Å². The van der Waals surface area contributed by atoms with Crippen molar-refractivity contribution in [2.75, 3.05) is 5.32 Å². The Morgan fingerprint density at radius 2 is 1.90 bits per heavy atom. The van der Waals surface area contributed by atoms with Crippen LogP contribution in [0.4, 0.5) is 24.0 Å². The van der Waals surface area contributed by atoms with Gasteiger partial charge in [-0.1, -0.05) is 27.3 Å². The van der Waals surface area contributed by atoms with E-state index in [9.17, 15) is 13.2 Å². The first-order chi connectivity index (χ1) is 9.52. The maximum absolute atomic E-state index is 13.6. The second-order valence-electron chi connectivity index (χ2n) is 4.01. The molecule has 0 saturated heterocycles. The lowest BCUT2D eigenvalue weighted by Gasteiger charge is -2.04. The van der Waals surface area contributed by atoms with Gasteiger partial charge in [0.2, 0.25) is 0 Å². The molecule has 20 heavy (non-hydrogen) atoms. The summed E-state index contributed by atoms with van der Waals surface area (Å²) in [6.45, 7) is 0. The van der Waals surface area contributed by atoms with Crippen LogP contribution < -0.4 is 5.32 Å². The Balaban J connectivity index is 2.01. The van der Waals surface area contributed by atoms with E-state index in [2.05, 4.69) is 26.2 Å². The molecule has 0 fully saturated rings. The fourth-order valence-corrected chi connectivity index (χ4v) is 3.14. The Kier molecular flexibility index (Phi) is 3.39. The van der Waals surface area contributed by atoms with Gasteiger partial charge in [0, 0.05) is 16.6 Å². The zero-order valence-electron chi connectivity index (χ0n) is 9.75. The van der Waals surface area contributed by atoms with Gasteiger partial charge in [-0.25, -0.2) is 18.2 Å². The molecule has 1 heterocycles. The topological polar surface area (TPSA) is 24.9 Å². The maximum atomic E-state index is 13.6. The van der Waals surface area contributed by atoms with E-state index in [0.717, 1.165) is 20.8 Å². The van der Waals surface area contributed by atoms with Gasteiger partial charge >= 0.3 is 0 Å². The zero-order chi connectivity index (χ0) is 14.3. The van der Waals surface area contributed by atoms with Gasteiger partial charge in [0.1, 0.15) is 5.82 Å². The molecule has 102 valence electrons. The van der Waals surface area contributed by atoms with Crippen LogP contribution in [0.5, 0.6) is 0 Å². The van der Waals surface area contributed by atoms with Crippen molar-refractivity contribution in [1.82, 2.24) is 4.98 Å². The Bertz CT molecular complexity index is 804. The minimum atomic E-state index is -1.24. The Hall–Kier alpha value is -1.60. The van der Waals surface area contributed by atoms with Crippen LogP contribution in [0.2, 0.25) is 0 Å². The Morgan fingerprint density at radius 1 is 1.10 bits per heavy atom. The third-order valence-corrected chi connectivity index (χ3v) is 4.01. The van der Waals surface area contributed by atoms with E-state index in [1.165, 1.54) is 11.3 Å². The molecule has 1 N–H and O–H groups in total. The van der Waals surface area contributed by atoms with E-state index in [0.29, 0.717) is 11.2 Å². The summed E-state index contributed by atoms with van der Waals surface area (Å²) in [5.41, 5.74) is 0.443. The number of halogens is 4. The van der Waals surface area contributed by atoms with Gasteiger partial charge in [-0.2, -0.15) is 0 Å². The molecule has 0 aliphatic rings. The summed E-state index contributed by atoms with van der Waals surface area (Å²) in [5.74, 6) is -3.22. The molecule has 0 saturated carbocycles. The molecule has 0 atom stereocenters. The molecule has 7 heteroatoms. The number of thiazole rings is 1. The van der Waals surface area contributed by atoms with Gasteiger partial charge in [0.05, 0.1) is 15.9 Å². The lowest BCUT2D eigenvalue weighted by Crippen LogP contribution is -1.97. The summed E-state index contributed by atoms with van der Waals surface area (Å²) < 4.78 is 41.5. The molecule has 1 aromatic heterocycles. The molecule has 0 spiro atoms. The number of anilines is 2. The van der Waals surface area contributed by atoms with Crippen LogP contribution in [-0.2, 0) is 0 Å². The summed E-state index contributed by atoms with van der Waals surface area (Å²) in [5, 5.41) is 2.96. The number of fused-ring (bicyclic) bond motifs is 1. The summed E-state index contributed by atoms with van der Waals surface area (Å²) in [4.78, 5) is 4.22. The summed E-state index contributed by atoms with van der Waals surface area (Å²) in [6.07, 6.45) is 0. The van der Waals surface area contributed by atoms with Crippen molar-refractivity contribution in [3.8, 4) is 0 Å². The molecule has 0 unspecified atom stereocenters. The van der Waals surface area contributed by atoms with Crippen LogP contribution in [0.1, 0.15) is 0 Å². The lowest BCUT2D eigenvalue weighted by molar-refractivity contribution is 0.498. The Morgan fingerprint density at radius 3 is 2.70 bits per heavy atom. The van der Waals surface area contributed by atoms with Crippen molar-refractivity contribution < 1.29 is 13.2 Å². The fraction of sp³-hybridized carbons (Fsp3) is 0. The average Bonchev–Trinajstić information content (AvgIpc) is 2.76. The van der Waals surface area contributed by atoms with E-state index in [1.807, 2.05) is 12.1 Å². The number of hydrogen-bond donors (Lipinski definition) is 1. The first kappa shape index (κ1) is 13.4. The highest BCUT2D eigenvalue weighted by atomic mass is 79.9. The smallest absolute Gasteiger partial charge is 0.188 e.